The minimum absolute atomic E-state index is 0. The lowest BCUT2D eigenvalue weighted by Gasteiger charge is -2.24. The van der Waals surface area contributed by atoms with Crippen LogP contribution in [0.5, 0.6) is 0 Å². The summed E-state index contributed by atoms with van der Waals surface area (Å²) in [5, 5.41) is 8.73. The van der Waals surface area contributed by atoms with Crippen LogP contribution in [0.25, 0.3) is 0 Å². The Hall–Kier alpha value is 0.0500. The molecule has 2 nitrogen and oxygen atoms in total. The van der Waals surface area contributed by atoms with Crippen molar-refractivity contribution in [3.63, 3.8) is 0 Å². The molecule has 13 heavy (non-hydrogen) atoms. The monoisotopic (exact) mass is 228 g/mol. The first kappa shape index (κ1) is 15.5. The molecule has 1 unspecified atom stereocenters. The van der Waals surface area contributed by atoms with Gasteiger partial charge in [-0.05, 0) is 18.8 Å². The van der Waals surface area contributed by atoms with Gasteiger partial charge in [0.15, 0.2) is 0 Å². The fraction of sp³-hybridized carbons (Fsp3) is 0.889. The van der Waals surface area contributed by atoms with Crippen molar-refractivity contribution in [3.05, 3.63) is 0 Å². The molecule has 4 heteroatoms. The highest BCUT2D eigenvalue weighted by atomic mass is 35.5. The van der Waals surface area contributed by atoms with Crippen molar-refractivity contribution in [2.75, 3.05) is 0 Å². The number of carbonyl (C=O) groups is 1. The van der Waals surface area contributed by atoms with Gasteiger partial charge in [0.2, 0.25) is 0 Å². The Bertz CT molecular complexity index is 145. The van der Waals surface area contributed by atoms with Crippen molar-refractivity contribution in [1.29, 1.82) is 0 Å². The molecule has 1 aliphatic rings. The van der Waals surface area contributed by atoms with E-state index in [4.69, 9.17) is 5.11 Å². The van der Waals surface area contributed by atoms with Crippen LogP contribution in [0.4, 0.5) is 0 Å². The maximum absolute atomic E-state index is 10.6. The molecule has 1 rings (SSSR count). The van der Waals surface area contributed by atoms with Gasteiger partial charge in [-0.3, -0.25) is 4.79 Å². The Balaban J connectivity index is 0. The quantitative estimate of drug-likeness (QED) is 0.789. The number of carboxylic acid groups (broad SMARTS) is 1. The van der Waals surface area contributed by atoms with Crippen LogP contribution >= 0.6 is 24.8 Å². The van der Waals surface area contributed by atoms with E-state index in [1.165, 1.54) is 19.3 Å². The first-order valence-corrected chi connectivity index (χ1v) is 4.44. The van der Waals surface area contributed by atoms with E-state index < -0.39 is 5.97 Å². The van der Waals surface area contributed by atoms with Gasteiger partial charge in [0.1, 0.15) is 0 Å². The summed E-state index contributed by atoms with van der Waals surface area (Å²) in [6.45, 7) is 1.83. The normalized spacial score (nSPS) is 19.5. The van der Waals surface area contributed by atoms with Crippen molar-refractivity contribution in [3.8, 4) is 0 Å². The highest BCUT2D eigenvalue weighted by Crippen LogP contribution is 2.29. The lowest BCUT2D eigenvalue weighted by molar-refractivity contribution is -0.143. The predicted molar refractivity (Wildman–Crippen MR) is 57.9 cm³/mol. The molecule has 1 atom stereocenters. The summed E-state index contributed by atoms with van der Waals surface area (Å²) in [7, 11) is 0. The third-order valence-electron chi connectivity index (χ3n) is 2.75. The van der Waals surface area contributed by atoms with Gasteiger partial charge in [0.25, 0.3) is 0 Å². The highest BCUT2D eigenvalue weighted by Gasteiger charge is 2.24. The van der Waals surface area contributed by atoms with Crippen LogP contribution in [0.2, 0.25) is 0 Å². The molecule has 1 N–H and O–H groups in total. The molecule has 0 radical (unpaired) electrons. The molecule has 0 aromatic rings. The van der Waals surface area contributed by atoms with Gasteiger partial charge >= 0.3 is 5.97 Å². The number of hydrogen-bond donors (Lipinski definition) is 1. The fourth-order valence-corrected chi connectivity index (χ4v) is 1.84. The molecular weight excluding hydrogens is 211 g/mol. The van der Waals surface area contributed by atoms with Gasteiger partial charge in [-0.25, -0.2) is 0 Å². The van der Waals surface area contributed by atoms with E-state index in [-0.39, 0.29) is 30.7 Å². The van der Waals surface area contributed by atoms with Crippen LogP contribution in [0.1, 0.15) is 39.0 Å². The SMILES string of the molecule is CC(C(=O)O)C1CCCCC1.Cl.Cl. The second-order valence-corrected chi connectivity index (χ2v) is 3.53. The maximum atomic E-state index is 10.6. The average molecular weight is 229 g/mol. The lowest BCUT2D eigenvalue weighted by atomic mass is 9.81. The van der Waals surface area contributed by atoms with Crippen molar-refractivity contribution in [2.24, 2.45) is 11.8 Å². The molecule has 0 aromatic carbocycles. The third kappa shape index (κ3) is 4.72. The van der Waals surface area contributed by atoms with Crippen molar-refractivity contribution >= 4 is 30.8 Å². The lowest BCUT2D eigenvalue weighted by Crippen LogP contribution is -2.22. The van der Waals surface area contributed by atoms with Crippen LogP contribution in [0, 0.1) is 11.8 Å². The summed E-state index contributed by atoms with van der Waals surface area (Å²) in [6, 6.07) is 0. The number of aliphatic carboxylic acids is 1. The third-order valence-corrected chi connectivity index (χ3v) is 2.75. The molecular formula is C9H18Cl2O2. The topological polar surface area (TPSA) is 37.3 Å². The van der Waals surface area contributed by atoms with E-state index in [1.54, 1.807) is 0 Å². The Labute approximate surface area is 91.9 Å². The van der Waals surface area contributed by atoms with E-state index in [2.05, 4.69) is 0 Å². The number of halogens is 2. The molecule has 0 aliphatic heterocycles. The van der Waals surface area contributed by atoms with E-state index >= 15 is 0 Å². The molecule has 0 saturated heterocycles. The molecule has 0 spiro atoms. The minimum atomic E-state index is -0.628. The maximum Gasteiger partial charge on any atom is 0.306 e. The van der Waals surface area contributed by atoms with Crippen molar-refractivity contribution in [2.45, 2.75) is 39.0 Å². The summed E-state index contributed by atoms with van der Waals surface area (Å²) in [5.74, 6) is -0.312. The van der Waals surface area contributed by atoms with Crippen LogP contribution in [0.15, 0.2) is 0 Å². The van der Waals surface area contributed by atoms with Gasteiger partial charge in [-0.15, -0.1) is 24.8 Å². The number of carboxylic acids is 1. The highest BCUT2D eigenvalue weighted by molar-refractivity contribution is 5.85. The summed E-state index contributed by atoms with van der Waals surface area (Å²) in [5.41, 5.74) is 0. The Morgan fingerprint density at radius 3 is 2.08 bits per heavy atom. The summed E-state index contributed by atoms with van der Waals surface area (Å²) >= 11 is 0. The molecule has 1 fully saturated rings. The second-order valence-electron chi connectivity index (χ2n) is 3.53. The van der Waals surface area contributed by atoms with Crippen LogP contribution < -0.4 is 0 Å². The Morgan fingerprint density at radius 2 is 1.69 bits per heavy atom. The Morgan fingerprint density at radius 1 is 1.23 bits per heavy atom. The first-order valence-electron chi connectivity index (χ1n) is 4.44. The molecule has 0 amide bonds. The minimum Gasteiger partial charge on any atom is -0.481 e. The zero-order chi connectivity index (χ0) is 8.27. The largest absolute Gasteiger partial charge is 0.481 e. The van der Waals surface area contributed by atoms with E-state index in [0.717, 1.165) is 12.8 Å². The molecule has 80 valence electrons. The molecule has 1 saturated carbocycles. The Kier molecular flexibility index (Phi) is 8.90. The fourth-order valence-electron chi connectivity index (χ4n) is 1.84. The second kappa shape index (κ2) is 7.45. The molecule has 1 aliphatic carbocycles. The number of hydrogen-bond acceptors (Lipinski definition) is 1. The van der Waals surface area contributed by atoms with Gasteiger partial charge in [0, 0.05) is 0 Å². The first-order chi connectivity index (χ1) is 5.22. The van der Waals surface area contributed by atoms with Crippen LogP contribution in [-0.2, 0) is 4.79 Å². The van der Waals surface area contributed by atoms with Gasteiger partial charge < -0.3 is 5.11 Å². The van der Waals surface area contributed by atoms with Crippen molar-refractivity contribution < 1.29 is 9.90 Å². The number of rotatable bonds is 2. The van der Waals surface area contributed by atoms with Gasteiger partial charge in [-0.1, -0.05) is 26.2 Å². The van der Waals surface area contributed by atoms with E-state index in [1.807, 2.05) is 6.92 Å². The summed E-state index contributed by atoms with van der Waals surface area (Å²) in [6.07, 6.45) is 5.98. The van der Waals surface area contributed by atoms with E-state index in [0.29, 0.717) is 5.92 Å². The van der Waals surface area contributed by atoms with Gasteiger partial charge in [-0.2, -0.15) is 0 Å². The predicted octanol–water partition coefficient (Wildman–Crippen LogP) is 3.13. The van der Waals surface area contributed by atoms with E-state index in [9.17, 15) is 4.79 Å². The zero-order valence-electron chi connectivity index (χ0n) is 7.86. The van der Waals surface area contributed by atoms with Gasteiger partial charge in [0.05, 0.1) is 5.92 Å². The average Bonchev–Trinajstić information content (AvgIpc) is 2.05. The van der Waals surface area contributed by atoms with Crippen LogP contribution in [-0.4, -0.2) is 11.1 Å². The van der Waals surface area contributed by atoms with Crippen molar-refractivity contribution in [1.82, 2.24) is 0 Å². The summed E-state index contributed by atoms with van der Waals surface area (Å²) in [4.78, 5) is 10.6. The van der Waals surface area contributed by atoms with Crippen LogP contribution in [0.3, 0.4) is 0 Å². The molecule has 0 aromatic heterocycles. The molecule has 0 bridgehead atoms. The molecule has 0 heterocycles. The zero-order valence-corrected chi connectivity index (χ0v) is 9.50. The summed E-state index contributed by atoms with van der Waals surface area (Å²) < 4.78 is 0. The standard InChI is InChI=1S/C9H16O2.2ClH/c1-7(9(10)11)8-5-3-2-4-6-8;;/h7-8H,2-6H2,1H3,(H,10,11);2*1H. The smallest absolute Gasteiger partial charge is 0.306 e.